The lowest BCUT2D eigenvalue weighted by atomic mass is 10.4. The molecule has 2 aromatic heterocycles. The van der Waals surface area contributed by atoms with Crippen molar-refractivity contribution < 1.29 is 18.7 Å². The van der Waals surface area contributed by atoms with Crippen molar-refractivity contribution in [2.24, 2.45) is 5.92 Å². The van der Waals surface area contributed by atoms with Crippen LogP contribution in [0.25, 0.3) is 0 Å². The Bertz CT molecular complexity index is 901. The number of nitrogens with zero attached hydrogens (tertiary/aromatic N) is 2. The molecule has 0 unspecified atom stereocenters. The Labute approximate surface area is 156 Å². The van der Waals surface area contributed by atoms with E-state index in [0.29, 0.717) is 21.0 Å². The highest BCUT2D eigenvalue weighted by Gasteiger charge is 2.30. The molecule has 1 aliphatic carbocycles. The summed E-state index contributed by atoms with van der Waals surface area (Å²) in [6.07, 6.45) is 5.67. The van der Waals surface area contributed by atoms with Gasteiger partial charge in [-0.25, -0.2) is 4.79 Å². The van der Waals surface area contributed by atoms with E-state index in [4.69, 9.17) is 9.15 Å². The Balaban J connectivity index is 1.55. The highest BCUT2D eigenvalue weighted by molar-refractivity contribution is 8.00. The number of hydrogen-bond acceptors (Lipinski definition) is 9. The van der Waals surface area contributed by atoms with Crippen LogP contribution in [0.15, 0.2) is 38.0 Å². The number of ether oxygens (including phenoxy) is 1. The molecule has 0 atom stereocenters. The molecule has 26 heavy (non-hydrogen) atoms. The Morgan fingerprint density at radius 1 is 1.46 bits per heavy atom. The van der Waals surface area contributed by atoms with E-state index in [1.807, 2.05) is 0 Å². The van der Waals surface area contributed by atoms with Crippen LogP contribution in [0.5, 0.6) is 5.75 Å². The normalized spacial score (nSPS) is 13.7. The van der Waals surface area contributed by atoms with Gasteiger partial charge in [0.15, 0.2) is 4.34 Å². The van der Waals surface area contributed by atoms with Gasteiger partial charge in [-0.1, -0.05) is 29.2 Å². The van der Waals surface area contributed by atoms with Crippen LogP contribution in [0.4, 0.5) is 5.13 Å². The first kappa shape index (κ1) is 18.3. The number of nitrogens with one attached hydrogen (secondary N) is 1. The highest BCUT2D eigenvalue weighted by Crippen LogP contribution is 2.32. The zero-order valence-corrected chi connectivity index (χ0v) is 15.4. The van der Waals surface area contributed by atoms with E-state index in [9.17, 15) is 14.4 Å². The van der Waals surface area contributed by atoms with Crippen molar-refractivity contribution >= 4 is 40.1 Å². The van der Waals surface area contributed by atoms with Crippen molar-refractivity contribution in [2.45, 2.75) is 29.9 Å². The van der Waals surface area contributed by atoms with E-state index in [-0.39, 0.29) is 17.6 Å². The molecule has 8 nitrogen and oxygen atoms in total. The van der Waals surface area contributed by atoms with Crippen LogP contribution in [-0.2, 0) is 15.3 Å². The van der Waals surface area contributed by atoms with Crippen molar-refractivity contribution in [1.82, 2.24) is 10.2 Å². The van der Waals surface area contributed by atoms with Crippen molar-refractivity contribution in [3.05, 3.63) is 40.5 Å². The van der Waals surface area contributed by atoms with Crippen LogP contribution in [-0.4, -0.2) is 22.1 Å². The van der Waals surface area contributed by atoms with Crippen LogP contribution >= 0.6 is 23.1 Å². The molecule has 0 aromatic carbocycles. The minimum absolute atomic E-state index is 0.0215. The van der Waals surface area contributed by atoms with Gasteiger partial charge in [-0.3, -0.25) is 9.59 Å². The third-order valence-electron chi connectivity index (χ3n) is 3.29. The van der Waals surface area contributed by atoms with Gasteiger partial charge in [-0.15, -0.1) is 10.2 Å². The highest BCUT2D eigenvalue weighted by atomic mass is 32.2. The number of thioether (sulfide) groups is 1. The summed E-state index contributed by atoms with van der Waals surface area (Å²) in [5.74, 6) is 0.0317. The standard InChI is InChI=1S/C16H15N3O5S2/c1-2-3-13(21)24-12-7-23-10(6-11(12)20)8-25-16-19-18-15(26-16)17-14(22)9-4-5-9/h2-3,6-7,9H,4-5,8H2,1H3,(H,17,18,22)/b3-2+. The first-order chi connectivity index (χ1) is 12.5. The number of allylic oxidation sites excluding steroid dienone is 1. The summed E-state index contributed by atoms with van der Waals surface area (Å²) in [6.45, 7) is 1.67. The van der Waals surface area contributed by atoms with Gasteiger partial charge in [-0.05, 0) is 19.8 Å². The summed E-state index contributed by atoms with van der Waals surface area (Å²) >= 11 is 2.58. The molecule has 0 radical (unpaired) electrons. The summed E-state index contributed by atoms with van der Waals surface area (Å²) < 4.78 is 10.8. The van der Waals surface area contributed by atoms with E-state index in [1.54, 1.807) is 6.92 Å². The van der Waals surface area contributed by atoms with Crippen LogP contribution in [0.1, 0.15) is 25.5 Å². The van der Waals surface area contributed by atoms with E-state index >= 15 is 0 Å². The number of esters is 1. The van der Waals surface area contributed by atoms with E-state index in [0.717, 1.165) is 19.1 Å². The zero-order chi connectivity index (χ0) is 18.5. The summed E-state index contributed by atoms with van der Waals surface area (Å²) in [4.78, 5) is 35.0. The molecule has 2 heterocycles. The lowest BCUT2D eigenvalue weighted by Crippen LogP contribution is -2.12. The maximum atomic E-state index is 11.9. The molecule has 1 amide bonds. The number of aromatic nitrogens is 2. The number of anilines is 1. The summed E-state index contributed by atoms with van der Waals surface area (Å²) in [6, 6.07) is 1.27. The molecule has 1 N–H and O–H groups in total. The summed E-state index contributed by atoms with van der Waals surface area (Å²) in [5, 5.41) is 11.1. The van der Waals surface area contributed by atoms with Gasteiger partial charge in [0.2, 0.25) is 22.2 Å². The second kappa shape index (κ2) is 8.28. The lowest BCUT2D eigenvalue weighted by Gasteiger charge is -2.01. The maximum Gasteiger partial charge on any atom is 0.336 e. The van der Waals surface area contributed by atoms with Gasteiger partial charge in [-0.2, -0.15) is 0 Å². The Kier molecular flexibility index (Phi) is 5.84. The van der Waals surface area contributed by atoms with E-state index in [1.165, 1.54) is 41.3 Å². The van der Waals surface area contributed by atoms with Crippen LogP contribution < -0.4 is 15.5 Å². The van der Waals surface area contributed by atoms with Crippen LogP contribution in [0.2, 0.25) is 0 Å². The minimum atomic E-state index is -0.642. The first-order valence-electron chi connectivity index (χ1n) is 7.78. The zero-order valence-electron chi connectivity index (χ0n) is 13.8. The average molecular weight is 393 g/mol. The molecule has 0 bridgehead atoms. The van der Waals surface area contributed by atoms with Crippen molar-refractivity contribution in [1.29, 1.82) is 0 Å². The topological polar surface area (TPSA) is 111 Å². The van der Waals surface area contributed by atoms with Gasteiger partial charge in [0.1, 0.15) is 12.0 Å². The molecule has 136 valence electrons. The van der Waals surface area contributed by atoms with Gasteiger partial charge >= 0.3 is 5.97 Å². The molecule has 0 spiro atoms. The SMILES string of the molecule is C/C=C/C(=O)Oc1coc(CSc2nnc(NC(=O)C3CC3)s2)cc1=O. The maximum absolute atomic E-state index is 11.9. The second-order valence-electron chi connectivity index (χ2n) is 5.42. The molecule has 1 fully saturated rings. The largest absolute Gasteiger partial charge is 0.464 e. The fourth-order valence-corrected chi connectivity index (χ4v) is 3.52. The molecule has 3 rings (SSSR count). The lowest BCUT2D eigenvalue weighted by molar-refractivity contribution is -0.129. The Hall–Kier alpha value is -2.46. The van der Waals surface area contributed by atoms with Gasteiger partial charge in [0.05, 0.1) is 5.75 Å². The molecule has 1 saturated carbocycles. The van der Waals surface area contributed by atoms with E-state index in [2.05, 4.69) is 15.5 Å². The summed E-state index contributed by atoms with van der Waals surface area (Å²) in [7, 11) is 0. The second-order valence-corrected chi connectivity index (χ2v) is 7.62. The van der Waals surface area contributed by atoms with Crippen molar-refractivity contribution in [2.75, 3.05) is 5.32 Å². The van der Waals surface area contributed by atoms with Gasteiger partial charge < -0.3 is 14.5 Å². The quantitative estimate of drug-likeness (QED) is 0.331. The number of carbonyl (C=O) groups excluding carboxylic acids is 2. The predicted molar refractivity (Wildman–Crippen MR) is 96.3 cm³/mol. The van der Waals surface area contributed by atoms with Crippen LogP contribution in [0.3, 0.4) is 0 Å². The molecule has 10 heteroatoms. The fraction of sp³-hybridized carbons (Fsp3) is 0.312. The third kappa shape index (κ3) is 5.02. The van der Waals surface area contributed by atoms with Gasteiger partial charge in [0.25, 0.3) is 0 Å². The number of carbonyl (C=O) groups is 2. The number of amides is 1. The minimum Gasteiger partial charge on any atom is -0.464 e. The molecule has 1 aliphatic rings. The Morgan fingerprint density at radius 3 is 2.96 bits per heavy atom. The number of rotatable bonds is 7. The van der Waals surface area contributed by atoms with Crippen molar-refractivity contribution in [3.63, 3.8) is 0 Å². The third-order valence-corrected chi connectivity index (χ3v) is 5.28. The summed E-state index contributed by atoms with van der Waals surface area (Å²) in [5.41, 5.74) is -0.445. The van der Waals surface area contributed by atoms with Gasteiger partial charge in [0, 0.05) is 18.1 Å². The smallest absolute Gasteiger partial charge is 0.336 e. The molecular weight excluding hydrogens is 378 g/mol. The monoisotopic (exact) mass is 393 g/mol. The molecule has 2 aromatic rings. The fourth-order valence-electron chi connectivity index (χ4n) is 1.87. The van der Waals surface area contributed by atoms with Crippen molar-refractivity contribution in [3.8, 4) is 5.75 Å². The average Bonchev–Trinajstić information content (AvgIpc) is 3.37. The first-order valence-corrected chi connectivity index (χ1v) is 9.58. The Morgan fingerprint density at radius 2 is 2.27 bits per heavy atom. The molecule has 0 saturated heterocycles. The number of hydrogen-bond donors (Lipinski definition) is 1. The predicted octanol–water partition coefficient (Wildman–Crippen LogP) is 2.61. The molecular formula is C16H15N3O5S2. The van der Waals surface area contributed by atoms with Crippen LogP contribution in [0, 0.1) is 5.92 Å². The molecule has 0 aliphatic heterocycles. The van der Waals surface area contributed by atoms with E-state index < -0.39 is 11.4 Å².